The number of para-hydroxylation sites is 2. The largest absolute Gasteiger partial charge is 0.495 e. The van der Waals surface area contributed by atoms with Crippen LogP contribution in [0.2, 0.25) is 5.02 Å². The number of rotatable bonds is 8. The Labute approximate surface area is 203 Å². The lowest BCUT2D eigenvalue weighted by atomic mass is 10.2. The number of nitrogens with one attached hydrogen (secondary N) is 1. The Morgan fingerprint density at radius 2 is 1.79 bits per heavy atom. The van der Waals surface area contributed by atoms with E-state index in [9.17, 15) is 13.2 Å². The molecule has 1 N–H and O–H groups in total. The van der Waals surface area contributed by atoms with E-state index in [1.807, 2.05) is 12.1 Å². The van der Waals surface area contributed by atoms with Gasteiger partial charge >= 0.3 is 0 Å². The first kappa shape index (κ1) is 23.7. The van der Waals surface area contributed by atoms with E-state index in [1.54, 1.807) is 42.5 Å². The van der Waals surface area contributed by atoms with Crippen LogP contribution in [0.25, 0.3) is 0 Å². The lowest BCUT2D eigenvalue weighted by molar-refractivity contribution is -0.120. The molecular formula is C24H23ClN2O6S. The topological polar surface area (TPSA) is 94.2 Å². The van der Waals surface area contributed by atoms with Gasteiger partial charge in [-0.3, -0.25) is 9.10 Å². The van der Waals surface area contributed by atoms with Crippen molar-refractivity contribution in [1.29, 1.82) is 0 Å². The van der Waals surface area contributed by atoms with Crippen molar-refractivity contribution < 1.29 is 27.4 Å². The fourth-order valence-electron chi connectivity index (χ4n) is 3.46. The van der Waals surface area contributed by atoms with Gasteiger partial charge in [0.1, 0.15) is 25.0 Å². The van der Waals surface area contributed by atoms with E-state index in [0.717, 1.165) is 4.31 Å². The third kappa shape index (κ3) is 5.21. The van der Waals surface area contributed by atoms with Gasteiger partial charge in [-0.15, -0.1) is 0 Å². The molecule has 1 heterocycles. The molecule has 1 amide bonds. The first-order chi connectivity index (χ1) is 16.4. The van der Waals surface area contributed by atoms with Crippen LogP contribution in [0.3, 0.4) is 0 Å². The van der Waals surface area contributed by atoms with Gasteiger partial charge in [0.15, 0.2) is 11.5 Å². The Balaban J connectivity index is 1.54. The van der Waals surface area contributed by atoms with Crippen LogP contribution in [0.1, 0.15) is 0 Å². The minimum atomic E-state index is -4.10. The van der Waals surface area contributed by atoms with E-state index >= 15 is 0 Å². The first-order valence-corrected chi connectivity index (χ1v) is 12.3. The first-order valence-electron chi connectivity index (χ1n) is 10.4. The maximum absolute atomic E-state index is 13.5. The van der Waals surface area contributed by atoms with Crippen molar-refractivity contribution in [3.05, 3.63) is 77.8 Å². The number of ether oxygens (including phenoxy) is 3. The van der Waals surface area contributed by atoms with Gasteiger partial charge in [-0.1, -0.05) is 41.9 Å². The second-order valence-electron chi connectivity index (χ2n) is 7.44. The number of methoxy groups -OCH3 is 1. The van der Waals surface area contributed by atoms with Crippen LogP contribution in [0.15, 0.2) is 77.7 Å². The van der Waals surface area contributed by atoms with E-state index in [0.29, 0.717) is 16.5 Å². The summed E-state index contributed by atoms with van der Waals surface area (Å²) in [6.07, 6.45) is -0.418. The van der Waals surface area contributed by atoms with E-state index in [2.05, 4.69) is 5.32 Å². The van der Waals surface area contributed by atoms with Gasteiger partial charge in [-0.2, -0.15) is 0 Å². The van der Waals surface area contributed by atoms with Crippen LogP contribution in [-0.4, -0.2) is 47.2 Å². The van der Waals surface area contributed by atoms with Crippen molar-refractivity contribution in [3.8, 4) is 17.2 Å². The van der Waals surface area contributed by atoms with Crippen LogP contribution in [-0.2, 0) is 14.8 Å². The SMILES string of the molecule is COc1ccc(Cl)cc1N(CC(=O)NC[C@@H]1COc2ccccc2O1)S(=O)(=O)c1ccccc1. The molecule has 4 rings (SSSR count). The monoisotopic (exact) mass is 502 g/mol. The molecule has 0 saturated heterocycles. The smallest absolute Gasteiger partial charge is 0.264 e. The second-order valence-corrected chi connectivity index (χ2v) is 9.74. The van der Waals surface area contributed by atoms with Crippen molar-refractivity contribution in [2.45, 2.75) is 11.0 Å². The molecule has 34 heavy (non-hydrogen) atoms. The van der Waals surface area contributed by atoms with Gasteiger partial charge in [0.25, 0.3) is 10.0 Å². The van der Waals surface area contributed by atoms with Crippen LogP contribution in [0.4, 0.5) is 5.69 Å². The molecule has 0 unspecified atom stereocenters. The molecule has 0 aromatic heterocycles. The standard InChI is InChI=1S/C24H23ClN2O6S/c1-31-21-12-11-17(25)13-20(21)27(34(29,30)19-7-3-2-4-8-19)15-24(28)26-14-18-16-32-22-9-5-6-10-23(22)33-18/h2-13,18H,14-16H2,1H3,(H,26,28)/t18-/m1/s1. The van der Waals surface area contributed by atoms with Crippen molar-refractivity contribution >= 4 is 33.2 Å². The van der Waals surface area contributed by atoms with Gasteiger partial charge in [-0.05, 0) is 42.5 Å². The molecule has 1 atom stereocenters. The number of fused-ring (bicyclic) bond motifs is 1. The van der Waals surface area contributed by atoms with Crippen molar-refractivity contribution in [1.82, 2.24) is 5.32 Å². The summed E-state index contributed by atoms with van der Waals surface area (Å²) in [7, 11) is -2.69. The van der Waals surface area contributed by atoms with Gasteiger partial charge < -0.3 is 19.5 Å². The van der Waals surface area contributed by atoms with Gasteiger partial charge in [0.2, 0.25) is 5.91 Å². The van der Waals surface area contributed by atoms with Crippen LogP contribution >= 0.6 is 11.6 Å². The number of amides is 1. The summed E-state index contributed by atoms with van der Waals surface area (Å²) in [6, 6.07) is 19.7. The van der Waals surface area contributed by atoms with Crippen LogP contribution < -0.4 is 23.8 Å². The Morgan fingerprint density at radius 3 is 2.53 bits per heavy atom. The van der Waals surface area contributed by atoms with Crippen LogP contribution in [0, 0.1) is 0 Å². The van der Waals surface area contributed by atoms with Gasteiger partial charge in [0.05, 0.1) is 24.2 Å². The molecule has 178 valence electrons. The minimum absolute atomic E-state index is 0.0328. The summed E-state index contributed by atoms with van der Waals surface area (Å²) >= 11 is 6.15. The zero-order valence-corrected chi connectivity index (χ0v) is 19.9. The molecule has 1 aliphatic heterocycles. The molecule has 10 heteroatoms. The summed E-state index contributed by atoms with van der Waals surface area (Å²) in [6.45, 7) is -0.0946. The van der Waals surface area contributed by atoms with Gasteiger partial charge in [-0.25, -0.2) is 8.42 Å². The number of benzene rings is 3. The molecule has 0 spiro atoms. The Morgan fingerprint density at radius 1 is 1.09 bits per heavy atom. The average molecular weight is 503 g/mol. The van der Waals surface area contributed by atoms with Crippen LogP contribution in [0.5, 0.6) is 17.2 Å². The molecule has 0 saturated carbocycles. The average Bonchev–Trinajstić information content (AvgIpc) is 2.86. The minimum Gasteiger partial charge on any atom is -0.495 e. The number of anilines is 1. The van der Waals surface area contributed by atoms with Crippen molar-refractivity contribution in [2.24, 2.45) is 0 Å². The number of halogens is 1. The molecule has 3 aromatic rings. The fourth-order valence-corrected chi connectivity index (χ4v) is 5.07. The molecular weight excluding hydrogens is 480 g/mol. The van der Waals surface area contributed by atoms with E-state index in [-0.39, 0.29) is 29.5 Å². The summed E-state index contributed by atoms with van der Waals surface area (Å²) in [5.41, 5.74) is 0.153. The van der Waals surface area contributed by atoms with E-state index in [4.69, 9.17) is 25.8 Å². The third-order valence-corrected chi connectivity index (χ3v) is 7.13. The molecule has 0 bridgehead atoms. The predicted molar refractivity (Wildman–Crippen MR) is 128 cm³/mol. The predicted octanol–water partition coefficient (Wildman–Crippen LogP) is 3.50. The lowest BCUT2D eigenvalue weighted by Crippen LogP contribution is -2.45. The number of carbonyl (C=O) groups excluding carboxylic acids is 1. The summed E-state index contributed by atoms with van der Waals surface area (Å²) in [5, 5.41) is 3.04. The quantitative estimate of drug-likeness (QED) is 0.506. The van der Waals surface area contributed by atoms with Gasteiger partial charge in [0, 0.05) is 5.02 Å². The normalized spacial score (nSPS) is 14.8. The number of hydrogen-bond donors (Lipinski definition) is 1. The molecule has 1 aliphatic rings. The van der Waals surface area contributed by atoms with Crippen molar-refractivity contribution in [2.75, 3.05) is 31.1 Å². The third-order valence-electron chi connectivity index (χ3n) is 5.12. The molecule has 0 fully saturated rings. The zero-order valence-electron chi connectivity index (χ0n) is 18.3. The number of sulfonamides is 1. The highest BCUT2D eigenvalue weighted by molar-refractivity contribution is 7.92. The fraction of sp³-hybridized carbons (Fsp3) is 0.208. The summed E-state index contributed by atoms with van der Waals surface area (Å²) in [4.78, 5) is 12.9. The summed E-state index contributed by atoms with van der Waals surface area (Å²) < 4.78 is 44.8. The van der Waals surface area contributed by atoms with Crippen molar-refractivity contribution in [3.63, 3.8) is 0 Å². The number of nitrogens with zero attached hydrogens (tertiary/aromatic N) is 1. The number of hydrogen-bond acceptors (Lipinski definition) is 6. The molecule has 3 aromatic carbocycles. The zero-order chi connectivity index (χ0) is 24.1. The molecule has 8 nitrogen and oxygen atoms in total. The van der Waals surface area contributed by atoms with E-state index in [1.165, 1.54) is 25.3 Å². The molecule has 0 radical (unpaired) electrons. The Kier molecular flexibility index (Phi) is 7.14. The van der Waals surface area contributed by atoms with E-state index < -0.39 is 28.6 Å². The Bertz CT molecular complexity index is 1270. The summed E-state index contributed by atoms with van der Waals surface area (Å²) in [5.74, 6) is 0.963. The number of carbonyl (C=O) groups is 1. The Hall–Kier alpha value is -3.43. The highest BCUT2D eigenvalue weighted by Crippen LogP contribution is 2.35. The maximum atomic E-state index is 13.5. The second kappa shape index (κ2) is 10.2. The molecule has 0 aliphatic carbocycles. The highest BCUT2D eigenvalue weighted by Gasteiger charge is 2.30. The maximum Gasteiger partial charge on any atom is 0.264 e. The lowest BCUT2D eigenvalue weighted by Gasteiger charge is -2.28. The highest BCUT2D eigenvalue weighted by atomic mass is 35.5.